The zero-order chi connectivity index (χ0) is 15.1. The van der Waals surface area contributed by atoms with E-state index in [4.69, 9.17) is 22.3 Å². The van der Waals surface area contributed by atoms with Crippen LogP contribution in [0, 0.1) is 0 Å². The molecule has 0 saturated heterocycles. The van der Waals surface area contributed by atoms with Gasteiger partial charge in [0.2, 0.25) is 0 Å². The summed E-state index contributed by atoms with van der Waals surface area (Å²) in [5.74, 6) is 1.28. The summed E-state index contributed by atoms with van der Waals surface area (Å²) in [5, 5.41) is 1.79. The largest absolute Gasteiger partial charge is 0.383 e. The van der Waals surface area contributed by atoms with Gasteiger partial charge in [-0.05, 0) is 55.5 Å². The number of benzene rings is 1. The van der Waals surface area contributed by atoms with Crippen LogP contribution in [0.25, 0.3) is 21.6 Å². The highest BCUT2D eigenvalue weighted by Gasteiger charge is 2.19. The van der Waals surface area contributed by atoms with Crippen molar-refractivity contribution < 1.29 is 0 Å². The smallest absolute Gasteiger partial charge is 0.163 e. The van der Waals surface area contributed by atoms with Crippen LogP contribution in [0.1, 0.15) is 29.7 Å². The topological polar surface area (TPSA) is 51.8 Å². The third-order valence-electron chi connectivity index (χ3n) is 4.20. The maximum atomic E-state index is 6.27. The molecule has 3 aromatic rings. The Bertz CT molecular complexity index is 839. The van der Waals surface area contributed by atoms with Gasteiger partial charge in [-0.25, -0.2) is 9.97 Å². The summed E-state index contributed by atoms with van der Waals surface area (Å²) in [5.41, 5.74) is 8.61. The normalized spacial score (nSPS) is 14.8. The summed E-state index contributed by atoms with van der Waals surface area (Å²) in [6.45, 7) is 0. The molecule has 4 rings (SSSR count). The number of fused-ring (bicyclic) bond motifs is 3. The van der Waals surface area contributed by atoms with E-state index in [9.17, 15) is 0 Å². The standard InChI is InChI=1S/C17H16ClN3S/c18-11-8-6-10(7-9-11)16-20-15(19)14-12-4-2-1-3-5-13(12)22-17(14)21-16/h6-9H,1-5H2,(H2,19,20,21). The lowest BCUT2D eigenvalue weighted by Gasteiger charge is -2.05. The zero-order valence-electron chi connectivity index (χ0n) is 12.1. The van der Waals surface area contributed by atoms with E-state index >= 15 is 0 Å². The first kappa shape index (κ1) is 14.0. The summed E-state index contributed by atoms with van der Waals surface area (Å²) in [6, 6.07) is 7.57. The first-order valence-corrected chi connectivity index (χ1v) is 8.75. The van der Waals surface area contributed by atoms with Crippen molar-refractivity contribution in [2.75, 3.05) is 5.73 Å². The van der Waals surface area contributed by atoms with Crippen LogP contribution in [0.2, 0.25) is 5.02 Å². The molecule has 0 unspecified atom stereocenters. The molecule has 22 heavy (non-hydrogen) atoms. The molecule has 112 valence electrons. The lowest BCUT2D eigenvalue weighted by atomic mass is 10.1. The van der Waals surface area contributed by atoms with Crippen LogP contribution < -0.4 is 5.73 Å². The molecule has 1 aromatic carbocycles. The molecular formula is C17H16ClN3S. The van der Waals surface area contributed by atoms with Crippen LogP contribution in [0.3, 0.4) is 0 Å². The van der Waals surface area contributed by atoms with Gasteiger partial charge in [-0.1, -0.05) is 18.0 Å². The monoisotopic (exact) mass is 329 g/mol. The van der Waals surface area contributed by atoms with Gasteiger partial charge >= 0.3 is 0 Å². The molecule has 0 amide bonds. The second-order valence-corrected chi connectivity index (χ2v) is 7.20. The van der Waals surface area contributed by atoms with Crippen molar-refractivity contribution in [3.8, 4) is 11.4 Å². The van der Waals surface area contributed by atoms with Crippen LogP contribution >= 0.6 is 22.9 Å². The Balaban J connectivity index is 1.88. The first-order chi connectivity index (χ1) is 10.7. The third kappa shape index (κ3) is 2.36. The SMILES string of the molecule is Nc1nc(-c2ccc(Cl)cc2)nc2sc3c(c12)CCCCC3. The van der Waals surface area contributed by atoms with Crippen molar-refractivity contribution in [1.82, 2.24) is 9.97 Å². The minimum absolute atomic E-state index is 0.606. The van der Waals surface area contributed by atoms with Crippen LogP contribution in [0.15, 0.2) is 24.3 Å². The average Bonchev–Trinajstić information content (AvgIpc) is 2.70. The van der Waals surface area contributed by atoms with E-state index in [0.29, 0.717) is 16.7 Å². The van der Waals surface area contributed by atoms with Gasteiger partial charge in [0.25, 0.3) is 0 Å². The molecule has 2 N–H and O–H groups in total. The maximum absolute atomic E-state index is 6.27. The molecule has 5 heteroatoms. The molecule has 2 heterocycles. The fraction of sp³-hybridized carbons (Fsp3) is 0.294. The number of nitrogens with zero attached hydrogens (tertiary/aromatic N) is 2. The minimum Gasteiger partial charge on any atom is -0.383 e. The number of thiophene rings is 1. The van der Waals surface area contributed by atoms with Gasteiger partial charge in [-0.3, -0.25) is 0 Å². The first-order valence-electron chi connectivity index (χ1n) is 7.56. The Morgan fingerprint density at radius 2 is 1.77 bits per heavy atom. The van der Waals surface area contributed by atoms with Crippen molar-refractivity contribution >= 4 is 39.0 Å². The second-order valence-electron chi connectivity index (χ2n) is 5.68. The van der Waals surface area contributed by atoms with E-state index < -0.39 is 0 Å². The predicted molar refractivity (Wildman–Crippen MR) is 93.5 cm³/mol. The molecule has 1 aliphatic rings. The number of halogens is 1. The molecule has 0 atom stereocenters. The molecule has 0 fully saturated rings. The van der Waals surface area contributed by atoms with Crippen LogP contribution in [-0.2, 0) is 12.8 Å². The van der Waals surface area contributed by atoms with E-state index in [2.05, 4.69) is 4.98 Å². The molecule has 0 radical (unpaired) electrons. The van der Waals surface area contributed by atoms with Crippen molar-refractivity contribution in [2.24, 2.45) is 0 Å². The Kier molecular flexibility index (Phi) is 3.51. The summed E-state index contributed by atoms with van der Waals surface area (Å²) in [4.78, 5) is 11.8. The van der Waals surface area contributed by atoms with Gasteiger partial charge < -0.3 is 5.73 Å². The average molecular weight is 330 g/mol. The number of aromatic nitrogens is 2. The van der Waals surface area contributed by atoms with Crippen molar-refractivity contribution in [2.45, 2.75) is 32.1 Å². The Labute approximate surface area is 138 Å². The number of nitrogen functional groups attached to an aromatic ring is 1. The van der Waals surface area contributed by atoms with E-state index in [1.807, 2.05) is 24.3 Å². The van der Waals surface area contributed by atoms with E-state index in [-0.39, 0.29) is 0 Å². The number of anilines is 1. The summed E-state index contributed by atoms with van der Waals surface area (Å²) >= 11 is 7.73. The fourth-order valence-corrected chi connectivity index (χ4v) is 4.49. The highest BCUT2D eigenvalue weighted by atomic mass is 35.5. The Hall–Kier alpha value is -1.65. The van der Waals surface area contributed by atoms with Crippen molar-refractivity contribution in [3.05, 3.63) is 39.7 Å². The third-order valence-corrected chi connectivity index (χ3v) is 5.63. The molecule has 3 nitrogen and oxygen atoms in total. The lowest BCUT2D eigenvalue weighted by Crippen LogP contribution is -1.98. The van der Waals surface area contributed by atoms with Gasteiger partial charge in [0.05, 0.1) is 5.39 Å². The molecule has 0 bridgehead atoms. The van der Waals surface area contributed by atoms with Gasteiger partial charge in [0.1, 0.15) is 10.6 Å². The predicted octanol–water partition coefficient (Wildman–Crippen LogP) is 4.86. The molecule has 0 saturated carbocycles. The number of hydrogen-bond acceptors (Lipinski definition) is 4. The van der Waals surface area contributed by atoms with E-state index in [0.717, 1.165) is 28.6 Å². The fourth-order valence-electron chi connectivity index (χ4n) is 3.09. The zero-order valence-corrected chi connectivity index (χ0v) is 13.7. The van der Waals surface area contributed by atoms with Crippen LogP contribution in [-0.4, -0.2) is 9.97 Å². The Morgan fingerprint density at radius 1 is 1.00 bits per heavy atom. The highest BCUT2D eigenvalue weighted by Crippen LogP contribution is 2.38. The lowest BCUT2D eigenvalue weighted by molar-refractivity contribution is 0.713. The van der Waals surface area contributed by atoms with Crippen molar-refractivity contribution in [1.29, 1.82) is 0 Å². The van der Waals surface area contributed by atoms with E-state index in [1.54, 1.807) is 11.3 Å². The molecule has 2 aromatic heterocycles. The Morgan fingerprint density at radius 3 is 2.59 bits per heavy atom. The van der Waals surface area contributed by atoms with Crippen molar-refractivity contribution in [3.63, 3.8) is 0 Å². The molecule has 1 aliphatic carbocycles. The second kappa shape index (κ2) is 5.52. The van der Waals surface area contributed by atoms with Gasteiger partial charge in [0.15, 0.2) is 5.82 Å². The van der Waals surface area contributed by atoms with Gasteiger partial charge in [-0.2, -0.15) is 0 Å². The summed E-state index contributed by atoms with van der Waals surface area (Å²) < 4.78 is 0. The molecule has 0 aliphatic heterocycles. The summed E-state index contributed by atoms with van der Waals surface area (Å²) in [6.07, 6.45) is 6.04. The van der Waals surface area contributed by atoms with Gasteiger partial charge in [0, 0.05) is 15.5 Å². The maximum Gasteiger partial charge on any atom is 0.163 e. The minimum atomic E-state index is 0.606. The van der Waals surface area contributed by atoms with Crippen LogP contribution in [0.5, 0.6) is 0 Å². The van der Waals surface area contributed by atoms with Crippen LogP contribution in [0.4, 0.5) is 5.82 Å². The highest BCUT2D eigenvalue weighted by molar-refractivity contribution is 7.19. The quantitative estimate of drug-likeness (QED) is 0.648. The summed E-state index contributed by atoms with van der Waals surface area (Å²) in [7, 11) is 0. The molecule has 0 spiro atoms. The molecular weight excluding hydrogens is 314 g/mol. The number of hydrogen-bond donors (Lipinski definition) is 1. The number of rotatable bonds is 1. The number of aryl methyl sites for hydroxylation is 2. The number of nitrogens with two attached hydrogens (primary N) is 1. The van der Waals surface area contributed by atoms with E-state index in [1.165, 1.54) is 29.7 Å². The van der Waals surface area contributed by atoms with Gasteiger partial charge in [-0.15, -0.1) is 11.3 Å².